The minimum absolute atomic E-state index is 0.286. The molecule has 0 aliphatic heterocycles. The number of nitrogens with zero attached hydrogens (tertiary/aromatic N) is 1. The highest BCUT2D eigenvalue weighted by Crippen LogP contribution is 2.45. The Hall–Kier alpha value is -1.12. The van der Waals surface area contributed by atoms with Gasteiger partial charge in [0.1, 0.15) is 0 Å². The number of hydrogen-bond donors (Lipinski definition) is 0. The third-order valence-corrected chi connectivity index (χ3v) is 8.03. The highest BCUT2D eigenvalue weighted by molar-refractivity contribution is 5.23. The number of rotatable bonds is 6. The van der Waals surface area contributed by atoms with E-state index >= 15 is 0 Å². The molecule has 1 aromatic rings. The predicted molar refractivity (Wildman–Crippen MR) is 112 cm³/mol. The lowest BCUT2D eigenvalue weighted by molar-refractivity contribution is 0.148. The summed E-state index contributed by atoms with van der Waals surface area (Å²) in [5.74, 6) is 4.20. The molecular weight excluding hydrogens is 349 g/mol. The third-order valence-electron chi connectivity index (χ3n) is 8.03. The maximum Gasteiger partial charge on any atom is 0.255 e. The second-order valence-corrected chi connectivity index (χ2v) is 9.74. The molecular formula is C25H38FNO. The van der Waals surface area contributed by atoms with Crippen LogP contribution < -0.4 is 4.74 Å². The van der Waals surface area contributed by atoms with Crippen molar-refractivity contribution in [2.75, 3.05) is 6.61 Å². The minimum Gasteiger partial charge on any atom is -0.489 e. The molecule has 3 heteroatoms. The summed E-state index contributed by atoms with van der Waals surface area (Å²) in [6.07, 6.45) is 18.3. The summed E-state index contributed by atoms with van der Waals surface area (Å²) in [7, 11) is 0. The average Bonchev–Trinajstić information content (AvgIpc) is 3.23. The monoisotopic (exact) mass is 387 g/mol. The van der Waals surface area contributed by atoms with Crippen LogP contribution in [0, 0.1) is 29.6 Å². The molecule has 4 rings (SSSR count). The zero-order valence-corrected chi connectivity index (χ0v) is 17.7. The summed E-state index contributed by atoms with van der Waals surface area (Å²) in [6.45, 7) is 2.35. The van der Waals surface area contributed by atoms with Crippen molar-refractivity contribution in [3.05, 3.63) is 23.8 Å². The summed E-state index contributed by atoms with van der Waals surface area (Å²) < 4.78 is 19.4. The molecule has 1 aromatic heterocycles. The van der Waals surface area contributed by atoms with Crippen LogP contribution in [0.2, 0.25) is 0 Å². The molecule has 0 amide bonds. The van der Waals surface area contributed by atoms with E-state index < -0.39 is 5.95 Å². The van der Waals surface area contributed by atoms with Crippen LogP contribution in [0.5, 0.6) is 5.75 Å². The summed E-state index contributed by atoms with van der Waals surface area (Å²) in [4.78, 5) is 4.22. The van der Waals surface area contributed by atoms with E-state index in [1.165, 1.54) is 83.5 Å². The van der Waals surface area contributed by atoms with Crippen molar-refractivity contribution in [2.45, 2.75) is 96.3 Å². The normalized spacial score (nSPS) is 31.8. The van der Waals surface area contributed by atoms with Crippen molar-refractivity contribution in [1.82, 2.24) is 4.98 Å². The van der Waals surface area contributed by atoms with Gasteiger partial charge in [0, 0.05) is 11.6 Å². The predicted octanol–water partition coefficient (Wildman–Crippen LogP) is 7.28. The van der Waals surface area contributed by atoms with Crippen LogP contribution in [0.4, 0.5) is 4.39 Å². The molecule has 0 spiro atoms. The Bertz CT molecular complexity index is 611. The third kappa shape index (κ3) is 4.89. The molecule has 3 saturated carbocycles. The fraction of sp³-hybridized carbons (Fsp3) is 0.800. The van der Waals surface area contributed by atoms with Gasteiger partial charge in [-0.15, -0.1) is 0 Å². The second kappa shape index (κ2) is 9.59. The molecule has 3 aliphatic rings. The van der Waals surface area contributed by atoms with Crippen LogP contribution in [-0.2, 0) is 0 Å². The molecule has 0 aromatic carbocycles. The van der Waals surface area contributed by atoms with E-state index in [0.717, 1.165) is 29.4 Å². The van der Waals surface area contributed by atoms with E-state index in [1.807, 2.05) is 13.0 Å². The van der Waals surface area contributed by atoms with Crippen LogP contribution in [0.1, 0.15) is 102 Å². The topological polar surface area (TPSA) is 22.1 Å². The van der Waals surface area contributed by atoms with Gasteiger partial charge in [-0.2, -0.15) is 4.39 Å². The first-order valence-electron chi connectivity index (χ1n) is 12.0. The Kier molecular flexibility index (Phi) is 6.90. The minimum atomic E-state index is -0.443. The highest BCUT2D eigenvalue weighted by Gasteiger charge is 2.32. The van der Waals surface area contributed by atoms with Gasteiger partial charge in [0.15, 0.2) is 5.75 Å². The van der Waals surface area contributed by atoms with E-state index in [4.69, 9.17) is 4.74 Å². The molecule has 0 atom stereocenters. The Morgan fingerprint density at radius 3 is 2.07 bits per heavy atom. The number of aromatic nitrogens is 1. The van der Waals surface area contributed by atoms with Gasteiger partial charge < -0.3 is 4.74 Å². The molecule has 3 fully saturated rings. The SMILES string of the molecule is CCOc1ccc(C2CCC(C3CCC(CC4CCCC4)CC3)CC2)nc1F. The summed E-state index contributed by atoms with van der Waals surface area (Å²) >= 11 is 0. The largest absolute Gasteiger partial charge is 0.489 e. The van der Waals surface area contributed by atoms with Crippen molar-refractivity contribution in [3.63, 3.8) is 0 Å². The Labute approximate surface area is 170 Å². The second-order valence-electron chi connectivity index (χ2n) is 9.74. The summed E-state index contributed by atoms with van der Waals surface area (Å²) in [5, 5.41) is 0. The van der Waals surface area contributed by atoms with E-state index in [-0.39, 0.29) is 5.75 Å². The molecule has 28 heavy (non-hydrogen) atoms. The summed E-state index contributed by atoms with van der Waals surface area (Å²) in [6, 6.07) is 3.74. The lowest BCUT2D eigenvalue weighted by Gasteiger charge is -2.38. The Morgan fingerprint density at radius 2 is 1.46 bits per heavy atom. The first-order valence-corrected chi connectivity index (χ1v) is 12.0. The van der Waals surface area contributed by atoms with Gasteiger partial charge in [-0.1, -0.05) is 38.5 Å². The molecule has 0 N–H and O–H groups in total. The first kappa shape index (κ1) is 20.2. The fourth-order valence-corrected chi connectivity index (χ4v) is 6.43. The van der Waals surface area contributed by atoms with E-state index in [0.29, 0.717) is 12.5 Å². The number of halogens is 1. The average molecular weight is 388 g/mol. The fourth-order valence-electron chi connectivity index (χ4n) is 6.43. The first-order chi connectivity index (χ1) is 13.7. The van der Waals surface area contributed by atoms with Gasteiger partial charge in [0.05, 0.1) is 6.61 Å². The van der Waals surface area contributed by atoms with E-state index in [9.17, 15) is 4.39 Å². The highest BCUT2D eigenvalue weighted by atomic mass is 19.1. The van der Waals surface area contributed by atoms with Gasteiger partial charge in [0.25, 0.3) is 5.95 Å². The van der Waals surface area contributed by atoms with Gasteiger partial charge in [0.2, 0.25) is 0 Å². The lowest BCUT2D eigenvalue weighted by Crippen LogP contribution is -2.26. The number of pyridine rings is 1. The molecule has 0 saturated heterocycles. The van der Waals surface area contributed by atoms with Crippen LogP contribution in [0.3, 0.4) is 0 Å². The Balaban J connectivity index is 1.23. The molecule has 156 valence electrons. The van der Waals surface area contributed by atoms with Crippen LogP contribution >= 0.6 is 0 Å². The molecule has 1 heterocycles. The standard InChI is InChI=1S/C25H38FNO/c1-2-28-24-16-15-23(27-25(24)26)22-13-11-21(12-14-22)20-9-7-19(8-10-20)17-18-5-3-4-6-18/h15-16,18-22H,2-14,17H2,1H3. The van der Waals surface area contributed by atoms with Gasteiger partial charge in [-0.05, 0) is 87.7 Å². The van der Waals surface area contributed by atoms with Gasteiger partial charge in [-0.25, -0.2) is 4.98 Å². The smallest absolute Gasteiger partial charge is 0.255 e. The van der Waals surface area contributed by atoms with Crippen LogP contribution in [0.15, 0.2) is 12.1 Å². The molecule has 2 nitrogen and oxygen atoms in total. The van der Waals surface area contributed by atoms with Gasteiger partial charge in [-0.3, -0.25) is 0 Å². The number of hydrogen-bond acceptors (Lipinski definition) is 2. The molecule has 0 bridgehead atoms. The number of ether oxygens (including phenoxy) is 1. The van der Waals surface area contributed by atoms with Crippen LogP contribution in [-0.4, -0.2) is 11.6 Å². The molecule has 0 radical (unpaired) electrons. The maximum absolute atomic E-state index is 14.1. The van der Waals surface area contributed by atoms with Crippen molar-refractivity contribution in [2.24, 2.45) is 23.7 Å². The van der Waals surface area contributed by atoms with Crippen molar-refractivity contribution < 1.29 is 9.13 Å². The van der Waals surface area contributed by atoms with Crippen LogP contribution in [0.25, 0.3) is 0 Å². The molecule has 3 aliphatic carbocycles. The zero-order valence-electron chi connectivity index (χ0n) is 17.7. The van der Waals surface area contributed by atoms with Crippen molar-refractivity contribution in [1.29, 1.82) is 0 Å². The van der Waals surface area contributed by atoms with Crippen molar-refractivity contribution >= 4 is 0 Å². The lowest BCUT2D eigenvalue weighted by atomic mass is 9.68. The van der Waals surface area contributed by atoms with Crippen molar-refractivity contribution in [3.8, 4) is 5.75 Å². The maximum atomic E-state index is 14.1. The molecule has 0 unspecified atom stereocenters. The quantitative estimate of drug-likeness (QED) is 0.478. The zero-order chi connectivity index (χ0) is 19.3. The van der Waals surface area contributed by atoms with Gasteiger partial charge >= 0.3 is 0 Å². The van der Waals surface area contributed by atoms with E-state index in [1.54, 1.807) is 6.07 Å². The van der Waals surface area contributed by atoms with E-state index in [2.05, 4.69) is 4.98 Å². The summed E-state index contributed by atoms with van der Waals surface area (Å²) in [5.41, 5.74) is 0.930. The Morgan fingerprint density at radius 1 is 0.857 bits per heavy atom.